The summed E-state index contributed by atoms with van der Waals surface area (Å²) in [6.45, 7) is 3.31. The number of nitrogens with zero attached hydrogens (tertiary/aromatic N) is 4. The van der Waals surface area contributed by atoms with Crippen LogP contribution in [-0.4, -0.2) is 42.2 Å². The minimum Gasteiger partial charge on any atom is -0.488 e. The fourth-order valence-electron chi connectivity index (χ4n) is 4.12. The van der Waals surface area contributed by atoms with Gasteiger partial charge in [0.05, 0.1) is 11.3 Å². The molecule has 1 fully saturated rings. The first kappa shape index (κ1) is 21.3. The standard InChI is InChI=1S/C24H29N5O2/c1-29(2)15-21-23(30-16-18-3-5-19(13-25)27-14-18)8-6-20-22(28-31-24(20)21)7-4-17-9-11-26-12-10-17/h3,5-6,8,14,17,26H,4,7,9-12,15-16H2,1-2H3. The van der Waals surface area contributed by atoms with Crippen molar-refractivity contribution >= 4 is 11.0 Å². The molecule has 1 aliphatic rings. The number of rotatable bonds is 8. The van der Waals surface area contributed by atoms with Crippen molar-refractivity contribution in [3.63, 3.8) is 0 Å². The molecule has 0 bridgehead atoms. The molecule has 1 N–H and O–H groups in total. The molecule has 4 rings (SSSR count). The van der Waals surface area contributed by atoms with E-state index in [4.69, 9.17) is 14.5 Å². The molecule has 1 aliphatic heterocycles. The summed E-state index contributed by atoms with van der Waals surface area (Å²) in [4.78, 5) is 6.21. The van der Waals surface area contributed by atoms with Crippen molar-refractivity contribution in [1.29, 1.82) is 5.26 Å². The maximum atomic E-state index is 8.90. The van der Waals surface area contributed by atoms with Gasteiger partial charge in [-0.25, -0.2) is 4.98 Å². The zero-order valence-electron chi connectivity index (χ0n) is 18.2. The molecule has 0 amide bonds. The molecular formula is C24H29N5O2. The Labute approximate surface area is 183 Å². The second-order valence-corrected chi connectivity index (χ2v) is 8.47. The molecule has 7 heteroatoms. The van der Waals surface area contributed by atoms with E-state index in [0.29, 0.717) is 18.8 Å². The van der Waals surface area contributed by atoms with Gasteiger partial charge in [-0.2, -0.15) is 5.26 Å². The number of ether oxygens (including phenoxy) is 1. The SMILES string of the molecule is CN(C)Cc1c(OCc2ccc(C#N)nc2)ccc2c(CCC3CCNCC3)noc12. The van der Waals surface area contributed by atoms with Gasteiger partial charge >= 0.3 is 0 Å². The Morgan fingerprint density at radius 3 is 2.77 bits per heavy atom. The molecule has 31 heavy (non-hydrogen) atoms. The van der Waals surface area contributed by atoms with E-state index in [0.717, 1.165) is 65.4 Å². The van der Waals surface area contributed by atoms with E-state index in [9.17, 15) is 0 Å². The topological polar surface area (TPSA) is 87.2 Å². The van der Waals surface area contributed by atoms with Crippen molar-refractivity contribution in [2.45, 2.75) is 38.8 Å². The predicted octanol–water partition coefficient (Wildman–Crippen LogP) is 3.67. The van der Waals surface area contributed by atoms with Crippen molar-refractivity contribution in [3.8, 4) is 11.8 Å². The lowest BCUT2D eigenvalue weighted by Crippen LogP contribution is -2.27. The molecule has 0 spiro atoms. The van der Waals surface area contributed by atoms with Crippen LogP contribution in [0.1, 0.15) is 41.8 Å². The maximum absolute atomic E-state index is 8.90. The maximum Gasteiger partial charge on any atom is 0.175 e. The average molecular weight is 420 g/mol. The Bertz CT molecular complexity index is 1050. The molecule has 7 nitrogen and oxygen atoms in total. The van der Waals surface area contributed by atoms with Gasteiger partial charge in [0.15, 0.2) is 5.58 Å². The Hall–Kier alpha value is -2.95. The summed E-state index contributed by atoms with van der Waals surface area (Å²) < 4.78 is 12.0. The highest BCUT2D eigenvalue weighted by molar-refractivity contribution is 5.84. The molecular weight excluding hydrogens is 390 g/mol. The molecule has 2 aromatic heterocycles. The molecule has 0 saturated carbocycles. The van der Waals surface area contributed by atoms with Gasteiger partial charge in [0.25, 0.3) is 0 Å². The average Bonchev–Trinajstić information content (AvgIpc) is 3.21. The van der Waals surface area contributed by atoms with E-state index >= 15 is 0 Å². The Morgan fingerprint density at radius 1 is 1.23 bits per heavy atom. The number of nitrogens with one attached hydrogen (secondary N) is 1. The lowest BCUT2D eigenvalue weighted by molar-refractivity contribution is 0.294. The second-order valence-electron chi connectivity index (χ2n) is 8.47. The van der Waals surface area contributed by atoms with Gasteiger partial charge in [-0.3, -0.25) is 0 Å². The quantitative estimate of drug-likeness (QED) is 0.596. The molecule has 3 aromatic rings. The monoisotopic (exact) mass is 419 g/mol. The van der Waals surface area contributed by atoms with Crippen LogP contribution in [0.25, 0.3) is 11.0 Å². The lowest BCUT2D eigenvalue weighted by atomic mass is 9.92. The van der Waals surface area contributed by atoms with Crippen LogP contribution in [0.4, 0.5) is 0 Å². The number of piperidine rings is 1. The zero-order valence-corrected chi connectivity index (χ0v) is 18.2. The largest absolute Gasteiger partial charge is 0.488 e. The first-order valence-electron chi connectivity index (χ1n) is 10.9. The van der Waals surface area contributed by atoms with E-state index in [2.05, 4.69) is 26.4 Å². The van der Waals surface area contributed by atoms with Crippen LogP contribution >= 0.6 is 0 Å². The lowest BCUT2D eigenvalue weighted by Gasteiger charge is -2.21. The fourth-order valence-corrected chi connectivity index (χ4v) is 4.12. The summed E-state index contributed by atoms with van der Waals surface area (Å²) in [5.41, 5.74) is 4.16. The van der Waals surface area contributed by atoms with Crippen molar-refractivity contribution in [2.24, 2.45) is 5.92 Å². The first-order chi connectivity index (χ1) is 15.1. The third kappa shape index (κ3) is 5.22. The summed E-state index contributed by atoms with van der Waals surface area (Å²) in [5.74, 6) is 1.55. The van der Waals surface area contributed by atoms with E-state index in [1.165, 1.54) is 12.8 Å². The van der Waals surface area contributed by atoms with Gasteiger partial charge in [-0.05, 0) is 77.0 Å². The third-order valence-corrected chi connectivity index (χ3v) is 5.83. The van der Waals surface area contributed by atoms with Crippen molar-refractivity contribution in [3.05, 3.63) is 53.0 Å². The van der Waals surface area contributed by atoms with Crippen molar-refractivity contribution in [1.82, 2.24) is 20.4 Å². The highest BCUT2D eigenvalue weighted by Gasteiger charge is 2.19. The molecule has 1 saturated heterocycles. The van der Waals surface area contributed by atoms with Crippen LogP contribution in [0.3, 0.4) is 0 Å². The number of nitriles is 1. The van der Waals surface area contributed by atoms with Gasteiger partial charge < -0.3 is 19.5 Å². The van der Waals surface area contributed by atoms with E-state index in [1.807, 2.05) is 32.3 Å². The number of fused-ring (bicyclic) bond motifs is 1. The number of hydrogen-bond donors (Lipinski definition) is 1. The first-order valence-corrected chi connectivity index (χ1v) is 10.9. The minimum absolute atomic E-state index is 0.376. The molecule has 162 valence electrons. The van der Waals surface area contributed by atoms with Crippen molar-refractivity contribution < 1.29 is 9.26 Å². The predicted molar refractivity (Wildman–Crippen MR) is 119 cm³/mol. The Balaban J connectivity index is 1.53. The summed E-state index contributed by atoms with van der Waals surface area (Å²) in [6, 6.07) is 9.68. The highest BCUT2D eigenvalue weighted by Crippen LogP contribution is 2.32. The van der Waals surface area contributed by atoms with E-state index in [1.54, 1.807) is 12.3 Å². The number of hydrogen-bond acceptors (Lipinski definition) is 7. The second kappa shape index (κ2) is 9.90. The third-order valence-electron chi connectivity index (χ3n) is 5.83. The summed E-state index contributed by atoms with van der Waals surface area (Å²) >= 11 is 0. The number of pyridine rings is 1. The number of aromatic nitrogens is 2. The van der Waals surface area contributed by atoms with Gasteiger partial charge in [-0.15, -0.1) is 0 Å². The smallest absolute Gasteiger partial charge is 0.175 e. The number of benzene rings is 1. The summed E-state index contributed by atoms with van der Waals surface area (Å²) in [7, 11) is 4.06. The van der Waals surface area contributed by atoms with E-state index in [-0.39, 0.29) is 0 Å². The molecule has 1 aromatic carbocycles. The highest BCUT2D eigenvalue weighted by atomic mass is 16.5. The van der Waals surface area contributed by atoms with Crippen LogP contribution in [0.15, 0.2) is 35.0 Å². The zero-order chi connectivity index (χ0) is 21.6. The van der Waals surface area contributed by atoms with Crippen LogP contribution in [-0.2, 0) is 19.6 Å². The summed E-state index contributed by atoms with van der Waals surface area (Å²) in [5, 5.41) is 17.8. The van der Waals surface area contributed by atoms with Gasteiger partial charge in [0, 0.05) is 23.7 Å². The van der Waals surface area contributed by atoms with Gasteiger partial charge in [0.2, 0.25) is 0 Å². The minimum atomic E-state index is 0.376. The van der Waals surface area contributed by atoms with Crippen LogP contribution in [0, 0.1) is 17.2 Å². The van der Waals surface area contributed by atoms with Gasteiger partial charge in [-0.1, -0.05) is 11.2 Å². The van der Waals surface area contributed by atoms with Gasteiger partial charge in [0.1, 0.15) is 24.1 Å². The Kier molecular flexibility index (Phi) is 6.80. The van der Waals surface area contributed by atoms with Crippen molar-refractivity contribution in [2.75, 3.05) is 27.2 Å². The number of aryl methyl sites for hydroxylation is 1. The fraction of sp³-hybridized carbons (Fsp3) is 0.458. The van der Waals surface area contributed by atoms with Crippen LogP contribution in [0.5, 0.6) is 5.75 Å². The molecule has 3 heterocycles. The molecule has 0 unspecified atom stereocenters. The van der Waals surface area contributed by atoms with E-state index < -0.39 is 0 Å². The normalized spacial score (nSPS) is 14.8. The molecule has 0 atom stereocenters. The Morgan fingerprint density at radius 2 is 2.06 bits per heavy atom. The van der Waals surface area contributed by atoms with Crippen LogP contribution in [0.2, 0.25) is 0 Å². The molecule has 0 aliphatic carbocycles. The van der Waals surface area contributed by atoms with Crippen LogP contribution < -0.4 is 10.1 Å². The summed E-state index contributed by atoms with van der Waals surface area (Å²) in [6.07, 6.45) is 6.25. The molecule has 0 radical (unpaired) electrons.